The monoisotopic (exact) mass is 416 g/mol. The minimum atomic E-state index is -0.599. The molecule has 0 saturated heterocycles. The second kappa shape index (κ2) is 7.63. The van der Waals surface area contributed by atoms with Crippen molar-refractivity contribution >= 4 is 12.2 Å². The van der Waals surface area contributed by atoms with Gasteiger partial charge in [-0.25, -0.2) is 0 Å². The zero-order chi connectivity index (χ0) is 21.7. The normalized spacial score (nSPS) is 48.7. The summed E-state index contributed by atoms with van der Waals surface area (Å²) in [4.78, 5) is 0. The Bertz CT molecular complexity index is 760. The molecular formula is C24H40N4O2. The van der Waals surface area contributed by atoms with E-state index in [-0.39, 0.29) is 22.9 Å². The summed E-state index contributed by atoms with van der Waals surface area (Å²) < 4.78 is 0. The first-order valence-electron chi connectivity index (χ1n) is 11.8. The average Bonchev–Trinajstić information content (AvgIpc) is 2.93. The van der Waals surface area contributed by atoms with Gasteiger partial charge in [0.15, 0.2) is 0 Å². The van der Waals surface area contributed by atoms with Crippen molar-refractivity contribution in [2.45, 2.75) is 90.3 Å². The van der Waals surface area contributed by atoms with E-state index in [0.29, 0.717) is 23.7 Å². The van der Waals surface area contributed by atoms with Gasteiger partial charge in [0.2, 0.25) is 5.96 Å². The van der Waals surface area contributed by atoms with Crippen LogP contribution in [0.1, 0.15) is 78.6 Å². The molecule has 6 N–H and O–H groups in total. The van der Waals surface area contributed by atoms with Crippen LogP contribution in [0.15, 0.2) is 21.9 Å². The molecule has 8 atom stereocenters. The highest BCUT2D eigenvalue weighted by atomic mass is 16.3. The van der Waals surface area contributed by atoms with Gasteiger partial charge in [0, 0.05) is 5.41 Å². The number of hydrogen-bond donors (Lipinski definition) is 4. The van der Waals surface area contributed by atoms with Gasteiger partial charge in [0.1, 0.15) is 0 Å². The molecule has 0 aromatic rings. The highest BCUT2D eigenvalue weighted by Crippen LogP contribution is 2.69. The quantitative estimate of drug-likeness (QED) is 0.321. The zero-order valence-corrected chi connectivity index (χ0v) is 18.8. The van der Waals surface area contributed by atoms with Crippen molar-refractivity contribution in [2.24, 2.45) is 56.2 Å². The second-order valence-corrected chi connectivity index (χ2v) is 11.1. The molecule has 4 fully saturated rings. The Labute approximate surface area is 180 Å². The van der Waals surface area contributed by atoms with E-state index >= 15 is 0 Å². The van der Waals surface area contributed by atoms with E-state index in [1.165, 1.54) is 6.42 Å². The summed E-state index contributed by atoms with van der Waals surface area (Å²) in [5, 5.41) is 30.0. The van der Waals surface area contributed by atoms with Gasteiger partial charge in [-0.05, 0) is 99.4 Å². The number of allylic oxidation sites excluding steroid dienone is 2. The number of nitrogens with zero attached hydrogens (tertiary/aromatic N) is 2. The second-order valence-electron chi connectivity index (χ2n) is 11.1. The van der Waals surface area contributed by atoms with Crippen LogP contribution in [-0.2, 0) is 0 Å². The van der Waals surface area contributed by atoms with Gasteiger partial charge < -0.3 is 21.7 Å². The molecule has 4 aliphatic rings. The van der Waals surface area contributed by atoms with Crippen LogP contribution in [0.5, 0.6) is 0 Å². The van der Waals surface area contributed by atoms with E-state index < -0.39 is 5.60 Å². The maximum Gasteiger partial charge on any atom is 0.211 e. The molecule has 0 aliphatic heterocycles. The van der Waals surface area contributed by atoms with Gasteiger partial charge in [-0.2, -0.15) is 5.10 Å². The summed E-state index contributed by atoms with van der Waals surface area (Å²) in [6.07, 6.45) is 13.2. The van der Waals surface area contributed by atoms with Gasteiger partial charge in [-0.3, -0.25) is 0 Å². The molecule has 4 aliphatic carbocycles. The van der Waals surface area contributed by atoms with Crippen LogP contribution in [-0.4, -0.2) is 34.1 Å². The topological polar surface area (TPSA) is 117 Å². The molecule has 6 nitrogen and oxygen atoms in total. The average molecular weight is 417 g/mol. The first kappa shape index (κ1) is 21.8. The number of aliphatic hydroxyl groups is 2. The molecule has 0 amide bonds. The first-order chi connectivity index (χ1) is 14.1. The lowest BCUT2D eigenvalue weighted by molar-refractivity contribution is -0.207. The van der Waals surface area contributed by atoms with Gasteiger partial charge in [-0.1, -0.05) is 19.9 Å². The molecule has 6 heteroatoms. The molecule has 0 radical (unpaired) electrons. The number of guanidine groups is 1. The maximum absolute atomic E-state index is 12.2. The molecule has 0 unspecified atom stereocenters. The van der Waals surface area contributed by atoms with Crippen molar-refractivity contribution in [1.29, 1.82) is 0 Å². The first-order valence-corrected chi connectivity index (χ1v) is 11.8. The summed E-state index contributed by atoms with van der Waals surface area (Å²) in [7, 11) is 0. The van der Waals surface area contributed by atoms with Crippen molar-refractivity contribution in [1.82, 2.24) is 0 Å². The largest absolute Gasteiger partial charge is 0.393 e. The number of nitrogens with two attached hydrogens (primary N) is 2. The number of hydrogen-bond acceptors (Lipinski definition) is 4. The molecule has 168 valence electrons. The molecule has 0 spiro atoms. The van der Waals surface area contributed by atoms with E-state index in [2.05, 4.69) is 30.1 Å². The Morgan fingerprint density at radius 1 is 1.00 bits per heavy atom. The van der Waals surface area contributed by atoms with Crippen LogP contribution in [0.2, 0.25) is 0 Å². The molecule has 0 aromatic carbocycles. The molecule has 0 bridgehead atoms. The van der Waals surface area contributed by atoms with Gasteiger partial charge >= 0.3 is 0 Å². The van der Waals surface area contributed by atoms with Crippen LogP contribution in [0, 0.1) is 34.5 Å². The Balaban J connectivity index is 1.57. The van der Waals surface area contributed by atoms with Crippen molar-refractivity contribution in [3.8, 4) is 0 Å². The molecule has 4 rings (SSSR count). The lowest BCUT2D eigenvalue weighted by atomic mass is 9.43. The minimum absolute atomic E-state index is 0.0427. The number of aliphatic hydroxyl groups excluding tert-OH is 1. The molecular weight excluding hydrogens is 376 g/mol. The van der Waals surface area contributed by atoms with Crippen LogP contribution < -0.4 is 11.5 Å². The maximum atomic E-state index is 12.2. The van der Waals surface area contributed by atoms with Gasteiger partial charge in [0.25, 0.3) is 0 Å². The fourth-order valence-electron chi connectivity index (χ4n) is 8.06. The van der Waals surface area contributed by atoms with Crippen molar-refractivity contribution in [3.05, 3.63) is 11.6 Å². The lowest BCUT2D eigenvalue weighted by Crippen LogP contribution is -2.62. The number of rotatable bonds is 3. The van der Waals surface area contributed by atoms with E-state index in [1.807, 2.05) is 6.92 Å². The summed E-state index contributed by atoms with van der Waals surface area (Å²) >= 11 is 0. The van der Waals surface area contributed by atoms with Gasteiger partial charge in [-0.15, -0.1) is 5.10 Å². The van der Waals surface area contributed by atoms with Crippen LogP contribution >= 0.6 is 0 Å². The predicted molar refractivity (Wildman–Crippen MR) is 121 cm³/mol. The van der Waals surface area contributed by atoms with E-state index in [1.54, 1.807) is 6.21 Å². The zero-order valence-electron chi connectivity index (χ0n) is 18.8. The smallest absolute Gasteiger partial charge is 0.211 e. The van der Waals surface area contributed by atoms with E-state index in [9.17, 15) is 10.2 Å². The highest BCUT2D eigenvalue weighted by molar-refractivity contribution is 5.80. The van der Waals surface area contributed by atoms with Crippen molar-refractivity contribution < 1.29 is 10.2 Å². The van der Waals surface area contributed by atoms with Crippen LogP contribution in [0.3, 0.4) is 0 Å². The standard InChI is InChI=1S/C24H40N4O2/c1-15(14-27-28-21(25)26)12-17-6-11-24(30)20-5-4-16-13-18(29)7-9-22(16,2)19(20)8-10-23(17,24)3/h12,14,16-20,29-30H,4-11,13H2,1-3H3,(H4,25,26,28)/b15-12+,27-14-/t16-,17-,18+,19+,20-,22+,23-,24+/m1/s1. The van der Waals surface area contributed by atoms with Crippen LogP contribution in [0.4, 0.5) is 0 Å². The van der Waals surface area contributed by atoms with Crippen molar-refractivity contribution in [2.75, 3.05) is 0 Å². The summed E-state index contributed by atoms with van der Waals surface area (Å²) in [6, 6.07) is 0. The Kier molecular flexibility index (Phi) is 5.55. The molecule has 30 heavy (non-hydrogen) atoms. The van der Waals surface area contributed by atoms with Gasteiger partial charge in [0.05, 0.1) is 17.9 Å². The third-order valence-corrected chi connectivity index (χ3v) is 9.79. The Morgan fingerprint density at radius 2 is 1.77 bits per heavy atom. The predicted octanol–water partition coefficient (Wildman–Crippen LogP) is 3.33. The van der Waals surface area contributed by atoms with E-state index in [4.69, 9.17) is 11.5 Å². The van der Waals surface area contributed by atoms with Crippen molar-refractivity contribution in [3.63, 3.8) is 0 Å². The molecule has 0 aromatic heterocycles. The fourth-order valence-corrected chi connectivity index (χ4v) is 8.06. The number of fused-ring (bicyclic) bond motifs is 5. The highest BCUT2D eigenvalue weighted by Gasteiger charge is 2.66. The SMILES string of the molecule is CC(/C=N\N=C(N)N)=C\[C@H]1CC[C@]2(O)[C@@H]3CC[C@@H]4C[C@@H](O)CC[C@]4(C)[C@H]3CC[C@]12C. The summed E-state index contributed by atoms with van der Waals surface area (Å²) in [5.74, 6) is 1.86. The Hall–Kier alpha value is -1.40. The summed E-state index contributed by atoms with van der Waals surface area (Å²) in [5.41, 5.74) is 11.3. The Morgan fingerprint density at radius 3 is 2.50 bits per heavy atom. The van der Waals surface area contributed by atoms with E-state index in [0.717, 1.165) is 56.9 Å². The minimum Gasteiger partial charge on any atom is -0.393 e. The molecule has 0 heterocycles. The van der Waals surface area contributed by atoms with Crippen LogP contribution in [0.25, 0.3) is 0 Å². The lowest BCUT2D eigenvalue weighted by Gasteiger charge is -2.63. The third kappa shape index (κ3) is 3.31. The summed E-state index contributed by atoms with van der Waals surface area (Å²) in [6.45, 7) is 6.80. The fraction of sp³-hybridized carbons (Fsp3) is 0.833. The molecule has 4 saturated carbocycles. The third-order valence-electron chi connectivity index (χ3n) is 9.79.